The molecule has 0 radical (unpaired) electrons. The van der Waals surface area contributed by atoms with E-state index in [-0.39, 0.29) is 5.78 Å². The van der Waals surface area contributed by atoms with Crippen molar-refractivity contribution in [2.75, 3.05) is 0 Å². The van der Waals surface area contributed by atoms with Gasteiger partial charge in [-0.25, -0.2) is 0 Å². The third-order valence-electron chi connectivity index (χ3n) is 3.63. The lowest BCUT2D eigenvalue weighted by atomic mass is 10.0. The van der Waals surface area contributed by atoms with E-state index < -0.39 is 0 Å². The number of hydrogen-bond acceptors (Lipinski definition) is 1. The van der Waals surface area contributed by atoms with Crippen LogP contribution in [0.15, 0.2) is 23.3 Å². The minimum atomic E-state index is 0.172. The quantitative estimate of drug-likeness (QED) is 0.298. The van der Waals surface area contributed by atoms with Crippen molar-refractivity contribution in [3.05, 3.63) is 23.3 Å². The highest BCUT2D eigenvalue weighted by molar-refractivity contribution is 6.00. The van der Waals surface area contributed by atoms with E-state index in [2.05, 4.69) is 27.7 Å². The van der Waals surface area contributed by atoms with Crippen molar-refractivity contribution in [2.24, 2.45) is 0 Å². The zero-order chi connectivity index (χ0) is 15.2. The number of unbranched alkanes of at least 4 members (excludes halogenated alkanes) is 6. The minimum absolute atomic E-state index is 0.172. The van der Waals surface area contributed by atoms with Crippen molar-refractivity contribution in [1.29, 1.82) is 0 Å². The normalized spacial score (nSPS) is 12.8. The summed E-state index contributed by atoms with van der Waals surface area (Å²) in [5.74, 6) is 0.172. The summed E-state index contributed by atoms with van der Waals surface area (Å²) in [5.41, 5.74) is 2.45. The average Bonchev–Trinajstić information content (AvgIpc) is 2.39. The van der Waals surface area contributed by atoms with Gasteiger partial charge in [0.2, 0.25) is 0 Å². The molecule has 0 saturated heterocycles. The first-order valence-corrected chi connectivity index (χ1v) is 8.48. The summed E-state index contributed by atoms with van der Waals surface area (Å²) < 4.78 is 0. The summed E-state index contributed by atoms with van der Waals surface area (Å²) in [6.45, 7) is 8.60. The Kier molecular flexibility index (Phi) is 12.6. The van der Waals surface area contributed by atoms with Crippen LogP contribution in [-0.4, -0.2) is 5.78 Å². The Bertz CT molecular complexity index is 280. The molecule has 0 bridgehead atoms. The van der Waals surface area contributed by atoms with Crippen LogP contribution >= 0.6 is 0 Å². The predicted molar refractivity (Wildman–Crippen MR) is 90.0 cm³/mol. The molecule has 0 rings (SSSR count). The smallest absolute Gasteiger partial charge is 0.178 e. The number of carbonyl (C=O) groups excluding carboxylic acids is 1. The van der Waals surface area contributed by atoms with Crippen LogP contribution < -0.4 is 0 Å². The standard InChI is InChI=1S/C19H34O/c1-5-7-9-11-13-17(3)15-19(20)16-18(4)14-12-10-8-6-2/h15-16H,5-14H2,1-4H3. The van der Waals surface area contributed by atoms with Gasteiger partial charge in [0.15, 0.2) is 5.78 Å². The van der Waals surface area contributed by atoms with Crippen LogP contribution in [0.2, 0.25) is 0 Å². The summed E-state index contributed by atoms with van der Waals surface area (Å²) in [4.78, 5) is 11.9. The third kappa shape index (κ3) is 12.2. The van der Waals surface area contributed by atoms with Crippen molar-refractivity contribution in [3.8, 4) is 0 Å². The van der Waals surface area contributed by atoms with E-state index >= 15 is 0 Å². The summed E-state index contributed by atoms with van der Waals surface area (Å²) in [7, 11) is 0. The number of rotatable bonds is 12. The molecular weight excluding hydrogens is 244 g/mol. The minimum Gasteiger partial charge on any atom is -0.290 e. The largest absolute Gasteiger partial charge is 0.290 e. The molecule has 0 spiro atoms. The van der Waals surface area contributed by atoms with Gasteiger partial charge in [-0.05, 0) is 51.7 Å². The highest BCUT2D eigenvalue weighted by Crippen LogP contribution is 2.12. The van der Waals surface area contributed by atoms with E-state index in [1.807, 2.05) is 12.2 Å². The molecule has 116 valence electrons. The molecule has 0 N–H and O–H groups in total. The Labute approximate surface area is 126 Å². The van der Waals surface area contributed by atoms with Gasteiger partial charge in [-0.3, -0.25) is 4.79 Å². The summed E-state index contributed by atoms with van der Waals surface area (Å²) in [6, 6.07) is 0. The molecular formula is C19H34O. The Morgan fingerprint density at radius 3 is 1.45 bits per heavy atom. The Morgan fingerprint density at radius 1 is 0.700 bits per heavy atom. The molecule has 0 aliphatic rings. The number of carbonyl (C=O) groups is 1. The van der Waals surface area contributed by atoms with E-state index in [4.69, 9.17) is 0 Å². The first kappa shape index (κ1) is 19.1. The monoisotopic (exact) mass is 278 g/mol. The van der Waals surface area contributed by atoms with Gasteiger partial charge in [0.05, 0.1) is 0 Å². The van der Waals surface area contributed by atoms with Crippen LogP contribution in [0, 0.1) is 0 Å². The van der Waals surface area contributed by atoms with Crippen LogP contribution in [0.4, 0.5) is 0 Å². The predicted octanol–water partition coefficient (Wildman–Crippen LogP) is 6.39. The Morgan fingerprint density at radius 2 is 1.10 bits per heavy atom. The van der Waals surface area contributed by atoms with Crippen molar-refractivity contribution in [3.63, 3.8) is 0 Å². The fraction of sp³-hybridized carbons (Fsp3) is 0.737. The molecule has 0 aliphatic heterocycles. The third-order valence-corrected chi connectivity index (χ3v) is 3.63. The van der Waals surface area contributed by atoms with Crippen molar-refractivity contribution >= 4 is 5.78 Å². The molecule has 0 atom stereocenters. The maximum absolute atomic E-state index is 11.9. The maximum atomic E-state index is 11.9. The van der Waals surface area contributed by atoms with Gasteiger partial charge in [-0.1, -0.05) is 63.5 Å². The van der Waals surface area contributed by atoms with Crippen molar-refractivity contribution in [2.45, 2.75) is 91.9 Å². The highest BCUT2D eigenvalue weighted by Gasteiger charge is 1.98. The molecule has 1 nitrogen and oxygen atoms in total. The number of ketones is 1. The van der Waals surface area contributed by atoms with Gasteiger partial charge in [0.1, 0.15) is 0 Å². The van der Waals surface area contributed by atoms with Gasteiger partial charge in [-0.15, -0.1) is 0 Å². The summed E-state index contributed by atoms with van der Waals surface area (Å²) >= 11 is 0. The van der Waals surface area contributed by atoms with Crippen LogP contribution in [0.5, 0.6) is 0 Å². The summed E-state index contributed by atoms with van der Waals surface area (Å²) in [6.07, 6.45) is 15.9. The van der Waals surface area contributed by atoms with Gasteiger partial charge >= 0.3 is 0 Å². The lowest BCUT2D eigenvalue weighted by Gasteiger charge is -2.02. The Hall–Kier alpha value is -0.850. The molecule has 1 heteroatoms. The van der Waals surface area contributed by atoms with E-state index in [0.717, 1.165) is 12.8 Å². The molecule has 0 aromatic heterocycles. The molecule has 0 aromatic carbocycles. The first-order valence-electron chi connectivity index (χ1n) is 8.48. The lowest BCUT2D eigenvalue weighted by molar-refractivity contribution is -0.110. The molecule has 0 saturated carbocycles. The van der Waals surface area contributed by atoms with Gasteiger partial charge in [-0.2, -0.15) is 0 Å². The first-order chi connectivity index (χ1) is 9.60. The van der Waals surface area contributed by atoms with Crippen LogP contribution in [0.3, 0.4) is 0 Å². The van der Waals surface area contributed by atoms with Crippen molar-refractivity contribution in [1.82, 2.24) is 0 Å². The summed E-state index contributed by atoms with van der Waals surface area (Å²) in [5, 5.41) is 0. The SMILES string of the molecule is CCCCCCC(C)=CC(=O)C=C(C)CCCCCC. The van der Waals surface area contributed by atoms with Crippen LogP contribution in [-0.2, 0) is 4.79 Å². The van der Waals surface area contributed by atoms with E-state index in [1.165, 1.54) is 62.5 Å². The second-order valence-corrected chi connectivity index (χ2v) is 6.01. The molecule has 0 aliphatic carbocycles. The van der Waals surface area contributed by atoms with Gasteiger partial charge in [0.25, 0.3) is 0 Å². The van der Waals surface area contributed by atoms with Crippen LogP contribution in [0.25, 0.3) is 0 Å². The zero-order valence-electron chi connectivity index (χ0n) is 14.1. The molecule has 0 aromatic rings. The second kappa shape index (κ2) is 13.1. The Balaban J connectivity index is 3.97. The van der Waals surface area contributed by atoms with Crippen LogP contribution in [0.1, 0.15) is 91.9 Å². The van der Waals surface area contributed by atoms with Crippen molar-refractivity contribution < 1.29 is 4.79 Å². The van der Waals surface area contributed by atoms with E-state index in [1.54, 1.807) is 0 Å². The van der Waals surface area contributed by atoms with E-state index in [9.17, 15) is 4.79 Å². The second-order valence-electron chi connectivity index (χ2n) is 6.01. The zero-order valence-corrected chi connectivity index (χ0v) is 14.1. The molecule has 0 unspecified atom stereocenters. The molecule has 0 heterocycles. The van der Waals surface area contributed by atoms with Gasteiger partial charge in [0, 0.05) is 0 Å². The highest BCUT2D eigenvalue weighted by atomic mass is 16.1. The number of allylic oxidation sites excluding steroid dienone is 4. The number of hydrogen-bond donors (Lipinski definition) is 0. The molecule has 0 amide bonds. The fourth-order valence-corrected chi connectivity index (χ4v) is 2.33. The molecule has 0 fully saturated rings. The molecule has 20 heavy (non-hydrogen) atoms. The maximum Gasteiger partial charge on any atom is 0.178 e. The lowest BCUT2D eigenvalue weighted by Crippen LogP contribution is -1.92. The topological polar surface area (TPSA) is 17.1 Å². The fourth-order valence-electron chi connectivity index (χ4n) is 2.33. The van der Waals surface area contributed by atoms with Gasteiger partial charge < -0.3 is 0 Å². The average molecular weight is 278 g/mol. The van der Waals surface area contributed by atoms with E-state index in [0.29, 0.717) is 0 Å².